The first-order chi connectivity index (χ1) is 8.13. The fraction of sp³-hybridized carbons (Fsp3) is 0.333. The summed E-state index contributed by atoms with van der Waals surface area (Å²) < 4.78 is 17.9. The molecule has 1 aromatic rings. The molecule has 1 rings (SSSR count). The Morgan fingerprint density at radius 1 is 1.65 bits per heavy atom. The number of hydrogen-bond donors (Lipinski definition) is 1. The summed E-state index contributed by atoms with van der Waals surface area (Å²) in [5.41, 5.74) is 0.194. The standard InChI is InChI=1S/C12H13FN2O2/c1-3-10(12(16)17-2)15-11-6-4-5-9(13)8(11)7-14/h4-6,10,15H,3H2,1-2H3. The average molecular weight is 236 g/mol. The minimum atomic E-state index is -0.614. The summed E-state index contributed by atoms with van der Waals surface area (Å²) in [5, 5.41) is 11.6. The molecule has 17 heavy (non-hydrogen) atoms. The van der Waals surface area contributed by atoms with Crippen molar-refractivity contribution < 1.29 is 13.9 Å². The molecule has 1 N–H and O–H groups in total. The van der Waals surface area contributed by atoms with E-state index in [1.54, 1.807) is 19.1 Å². The lowest BCUT2D eigenvalue weighted by molar-refractivity contribution is -0.141. The van der Waals surface area contributed by atoms with Crippen LogP contribution >= 0.6 is 0 Å². The Hall–Kier alpha value is -2.09. The van der Waals surface area contributed by atoms with E-state index in [9.17, 15) is 9.18 Å². The van der Waals surface area contributed by atoms with Crippen LogP contribution in [0.2, 0.25) is 0 Å². The molecule has 0 saturated heterocycles. The van der Waals surface area contributed by atoms with Crippen molar-refractivity contribution in [3.63, 3.8) is 0 Å². The number of carbonyl (C=O) groups excluding carboxylic acids is 1. The quantitative estimate of drug-likeness (QED) is 0.813. The number of carbonyl (C=O) groups is 1. The van der Waals surface area contributed by atoms with Crippen LogP contribution in [-0.2, 0) is 9.53 Å². The van der Waals surface area contributed by atoms with Gasteiger partial charge in [-0.1, -0.05) is 13.0 Å². The maximum absolute atomic E-state index is 13.3. The van der Waals surface area contributed by atoms with Gasteiger partial charge in [-0.05, 0) is 18.6 Å². The molecule has 0 heterocycles. The number of methoxy groups -OCH3 is 1. The third-order valence-corrected chi connectivity index (χ3v) is 2.35. The Morgan fingerprint density at radius 2 is 2.35 bits per heavy atom. The van der Waals surface area contributed by atoms with E-state index >= 15 is 0 Å². The molecular formula is C12H13FN2O2. The molecule has 0 saturated carbocycles. The number of benzene rings is 1. The monoisotopic (exact) mass is 236 g/mol. The van der Waals surface area contributed by atoms with Gasteiger partial charge in [-0.3, -0.25) is 0 Å². The van der Waals surface area contributed by atoms with Crippen molar-refractivity contribution in [2.45, 2.75) is 19.4 Å². The SMILES string of the molecule is CCC(Nc1cccc(F)c1C#N)C(=O)OC. The zero-order valence-corrected chi connectivity index (χ0v) is 9.66. The third kappa shape index (κ3) is 2.94. The van der Waals surface area contributed by atoms with Crippen LogP contribution in [0.15, 0.2) is 18.2 Å². The van der Waals surface area contributed by atoms with Crippen molar-refractivity contribution in [1.29, 1.82) is 5.26 Å². The predicted molar refractivity (Wildman–Crippen MR) is 60.8 cm³/mol. The molecule has 0 radical (unpaired) electrons. The molecule has 0 aliphatic rings. The van der Waals surface area contributed by atoms with E-state index in [1.807, 2.05) is 0 Å². The van der Waals surface area contributed by atoms with E-state index in [2.05, 4.69) is 10.1 Å². The van der Waals surface area contributed by atoms with Crippen molar-refractivity contribution >= 4 is 11.7 Å². The van der Waals surface area contributed by atoms with Crippen LogP contribution in [0.3, 0.4) is 0 Å². The smallest absolute Gasteiger partial charge is 0.328 e. The highest BCUT2D eigenvalue weighted by Gasteiger charge is 2.18. The summed E-state index contributed by atoms with van der Waals surface area (Å²) in [6.45, 7) is 1.79. The predicted octanol–water partition coefficient (Wildman–Crippen LogP) is 2.06. The maximum Gasteiger partial charge on any atom is 0.328 e. The Kier molecular flexibility index (Phi) is 4.46. The summed E-state index contributed by atoms with van der Waals surface area (Å²) in [6, 6.07) is 5.39. The Balaban J connectivity index is 2.98. The van der Waals surface area contributed by atoms with E-state index in [0.717, 1.165) is 0 Å². The molecule has 1 unspecified atom stereocenters. The van der Waals surface area contributed by atoms with Gasteiger partial charge >= 0.3 is 5.97 Å². The first-order valence-corrected chi connectivity index (χ1v) is 5.17. The molecule has 1 aromatic carbocycles. The molecule has 5 heteroatoms. The first-order valence-electron chi connectivity index (χ1n) is 5.17. The molecule has 0 amide bonds. The number of anilines is 1. The van der Waals surface area contributed by atoms with E-state index in [1.165, 1.54) is 19.2 Å². The van der Waals surface area contributed by atoms with Gasteiger partial charge in [-0.2, -0.15) is 5.26 Å². The van der Waals surface area contributed by atoms with Gasteiger partial charge in [-0.15, -0.1) is 0 Å². The summed E-state index contributed by atoms with van der Waals surface area (Å²) in [7, 11) is 1.28. The van der Waals surface area contributed by atoms with Gasteiger partial charge in [0.25, 0.3) is 0 Å². The number of nitrogens with zero attached hydrogens (tertiary/aromatic N) is 1. The third-order valence-electron chi connectivity index (χ3n) is 2.35. The minimum absolute atomic E-state index is 0.102. The summed E-state index contributed by atoms with van der Waals surface area (Å²) in [4.78, 5) is 11.4. The van der Waals surface area contributed by atoms with Crippen LogP contribution in [-0.4, -0.2) is 19.1 Å². The Labute approximate surface area is 99.0 Å². The van der Waals surface area contributed by atoms with Gasteiger partial charge in [-0.25, -0.2) is 9.18 Å². The van der Waals surface area contributed by atoms with Crippen LogP contribution in [0.5, 0.6) is 0 Å². The lowest BCUT2D eigenvalue weighted by Crippen LogP contribution is -2.30. The number of halogens is 1. The van der Waals surface area contributed by atoms with E-state index in [4.69, 9.17) is 5.26 Å². The molecule has 0 spiro atoms. The molecular weight excluding hydrogens is 223 g/mol. The lowest BCUT2D eigenvalue weighted by atomic mass is 10.1. The van der Waals surface area contributed by atoms with E-state index in [-0.39, 0.29) is 5.56 Å². The second-order valence-electron chi connectivity index (χ2n) is 3.40. The second kappa shape index (κ2) is 5.85. The largest absolute Gasteiger partial charge is 0.467 e. The van der Waals surface area contributed by atoms with Gasteiger partial charge in [0.15, 0.2) is 0 Å². The number of nitriles is 1. The molecule has 0 aliphatic heterocycles. The highest BCUT2D eigenvalue weighted by atomic mass is 19.1. The zero-order valence-electron chi connectivity index (χ0n) is 9.66. The van der Waals surface area contributed by atoms with Gasteiger partial charge in [0.1, 0.15) is 23.5 Å². The maximum atomic E-state index is 13.3. The molecule has 0 bridgehead atoms. The topological polar surface area (TPSA) is 62.1 Å². The normalized spacial score (nSPS) is 11.4. The van der Waals surface area contributed by atoms with Crippen LogP contribution in [0.4, 0.5) is 10.1 Å². The van der Waals surface area contributed by atoms with Crippen molar-refractivity contribution in [2.75, 3.05) is 12.4 Å². The Morgan fingerprint density at radius 3 is 2.88 bits per heavy atom. The van der Waals surface area contributed by atoms with Crippen molar-refractivity contribution in [1.82, 2.24) is 0 Å². The van der Waals surface area contributed by atoms with Crippen LogP contribution in [0.1, 0.15) is 18.9 Å². The lowest BCUT2D eigenvalue weighted by Gasteiger charge is -2.16. The highest BCUT2D eigenvalue weighted by Crippen LogP contribution is 2.19. The molecule has 0 aromatic heterocycles. The van der Waals surface area contributed by atoms with Gasteiger partial charge < -0.3 is 10.1 Å². The van der Waals surface area contributed by atoms with Crippen molar-refractivity contribution in [2.24, 2.45) is 0 Å². The minimum Gasteiger partial charge on any atom is -0.467 e. The molecule has 4 nitrogen and oxygen atoms in total. The number of esters is 1. The highest BCUT2D eigenvalue weighted by molar-refractivity contribution is 5.79. The van der Waals surface area contributed by atoms with Crippen LogP contribution < -0.4 is 5.32 Å². The van der Waals surface area contributed by atoms with Crippen LogP contribution in [0.25, 0.3) is 0 Å². The number of hydrogen-bond acceptors (Lipinski definition) is 4. The summed E-state index contributed by atoms with van der Waals surface area (Å²) in [5.74, 6) is -1.06. The molecule has 0 fully saturated rings. The zero-order chi connectivity index (χ0) is 12.8. The molecule has 90 valence electrons. The van der Waals surface area contributed by atoms with E-state index in [0.29, 0.717) is 12.1 Å². The number of rotatable bonds is 4. The average Bonchev–Trinajstić information content (AvgIpc) is 2.35. The first kappa shape index (κ1) is 13.0. The summed E-state index contributed by atoms with van der Waals surface area (Å²) >= 11 is 0. The molecule has 1 atom stereocenters. The number of nitrogens with one attached hydrogen (secondary N) is 1. The van der Waals surface area contributed by atoms with Crippen LogP contribution in [0, 0.1) is 17.1 Å². The van der Waals surface area contributed by atoms with Gasteiger partial charge in [0.05, 0.1) is 12.8 Å². The fourth-order valence-corrected chi connectivity index (χ4v) is 1.42. The van der Waals surface area contributed by atoms with Gasteiger partial charge in [0, 0.05) is 0 Å². The fourth-order valence-electron chi connectivity index (χ4n) is 1.42. The van der Waals surface area contributed by atoms with Crippen molar-refractivity contribution in [3.8, 4) is 6.07 Å². The number of ether oxygens (including phenoxy) is 1. The Bertz CT molecular complexity index is 454. The van der Waals surface area contributed by atoms with Crippen molar-refractivity contribution in [3.05, 3.63) is 29.6 Å². The van der Waals surface area contributed by atoms with Gasteiger partial charge in [0.2, 0.25) is 0 Å². The summed E-state index contributed by atoms with van der Waals surface area (Å²) in [6.07, 6.45) is 0.480. The second-order valence-corrected chi connectivity index (χ2v) is 3.40. The molecule has 0 aliphatic carbocycles. The van der Waals surface area contributed by atoms with E-state index < -0.39 is 17.8 Å².